The highest BCUT2D eigenvalue weighted by molar-refractivity contribution is 6.32. The number of hydrogen-bond donors (Lipinski definition) is 2. The van der Waals surface area contributed by atoms with Gasteiger partial charge >= 0.3 is 0 Å². The molecule has 2 heterocycles. The first-order chi connectivity index (χ1) is 10.3. The second-order valence-corrected chi connectivity index (χ2v) is 5.41. The van der Waals surface area contributed by atoms with Crippen molar-refractivity contribution in [2.24, 2.45) is 0 Å². The van der Waals surface area contributed by atoms with Crippen LogP contribution in [0.25, 0.3) is 0 Å². The highest BCUT2D eigenvalue weighted by Crippen LogP contribution is 2.26. The van der Waals surface area contributed by atoms with Gasteiger partial charge in [-0.3, -0.25) is 0 Å². The van der Waals surface area contributed by atoms with Gasteiger partial charge in [-0.2, -0.15) is 4.98 Å². The monoisotopic (exact) mass is 303 g/mol. The van der Waals surface area contributed by atoms with Gasteiger partial charge in [-0.1, -0.05) is 11.6 Å². The Balaban J connectivity index is 1.75. The fourth-order valence-electron chi connectivity index (χ4n) is 2.44. The number of nitrogens with zero attached hydrogens (tertiary/aromatic N) is 3. The van der Waals surface area contributed by atoms with Gasteiger partial charge in [-0.05, 0) is 37.1 Å². The molecule has 3 rings (SSSR count). The summed E-state index contributed by atoms with van der Waals surface area (Å²) in [7, 11) is 1.78. The fourth-order valence-corrected chi connectivity index (χ4v) is 2.58. The lowest BCUT2D eigenvalue weighted by Crippen LogP contribution is -2.17. The molecule has 0 atom stereocenters. The zero-order valence-electron chi connectivity index (χ0n) is 11.9. The highest BCUT2D eigenvalue weighted by Gasteiger charge is 2.12. The van der Waals surface area contributed by atoms with Crippen molar-refractivity contribution in [3.05, 3.63) is 35.5 Å². The average Bonchev–Trinajstić information content (AvgIpc) is 3.04. The third kappa shape index (κ3) is 3.19. The minimum atomic E-state index is 0.498. The minimum Gasteiger partial charge on any atom is -0.372 e. The number of nitrogens with one attached hydrogen (secondary N) is 2. The second-order valence-electron chi connectivity index (χ2n) is 5.01. The number of rotatable bonds is 4. The fraction of sp³-hybridized carbons (Fsp3) is 0.333. The molecule has 21 heavy (non-hydrogen) atoms. The molecule has 1 aromatic heterocycles. The van der Waals surface area contributed by atoms with Gasteiger partial charge in [0.05, 0.1) is 6.20 Å². The zero-order valence-corrected chi connectivity index (χ0v) is 12.7. The summed E-state index contributed by atoms with van der Waals surface area (Å²) >= 11 is 6.11. The first kappa shape index (κ1) is 13.9. The third-order valence-corrected chi connectivity index (χ3v) is 3.85. The van der Waals surface area contributed by atoms with Crippen molar-refractivity contribution in [2.75, 3.05) is 35.7 Å². The van der Waals surface area contributed by atoms with Gasteiger partial charge in [-0.25, -0.2) is 4.98 Å². The molecule has 2 N–H and O–H groups in total. The van der Waals surface area contributed by atoms with E-state index < -0.39 is 0 Å². The summed E-state index contributed by atoms with van der Waals surface area (Å²) in [5.74, 6) is 1.14. The molecular weight excluding hydrogens is 286 g/mol. The summed E-state index contributed by atoms with van der Waals surface area (Å²) in [6.07, 6.45) is 4.15. The van der Waals surface area contributed by atoms with Crippen LogP contribution in [0.15, 0.2) is 30.5 Å². The quantitative estimate of drug-likeness (QED) is 0.905. The van der Waals surface area contributed by atoms with E-state index in [9.17, 15) is 0 Å². The Morgan fingerprint density at radius 3 is 2.52 bits per heavy atom. The maximum absolute atomic E-state index is 6.11. The predicted molar refractivity (Wildman–Crippen MR) is 87.8 cm³/mol. The minimum absolute atomic E-state index is 0.498. The van der Waals surface area contributed by atoms with Crippen LogP contribution < -0.4 is 15.5 Å². The van der Waals surface area contributed by atoms with E-state index in [-0.39, 0.29) is 0 Å². The summed E-state index contributed by atoms with van der Waals surface area (Å²) in [6, 6.07) is 8.35. The Bertz CT molecular complexity index is 608. The van der Waals surface area contributed by atoms with Crippen LogP contribution in [0.5, 0.6) is 0 Å². The molecule has 0 amide bonds. The van der Waals surface area contributed by atoms with Crippen LogP contribution in [-0.2, 0) is 0 Å². The predicted octanol–water partition coefficient (Wildman–Crippen LogP) is 3.52. The molecule has 5 nitrogen and oxygen atoms in total. The van der Waals surface area contributed by atoms with Gasteiger partial charge in [0.25, 0.3) is 0 Å². The van der Waals surface area contributed by atoms with Gasteiger partial charge in [-0.15, -0.1) is 0 Å². The molecule has 0 unspecified atom stereocenters. The Morgan fingerprint density at radius 1 is 1.14 bits per heavy atom. The van der Waals surface area contributed by atoms with Gasteiger partial charge in [0, 0.05) is 31.5 Å². The maximum atomic E-state index is 6.11. The smallest absolute Gasteiger partial charge is 0.224 e. The van der Waals surface area contributed by atoms with Crippen molar-refractivity contribution < 1.29 is 0 Å². The number of benzene rings is 1. The Morgan fingerprint density at radius 2 is 1.86 bits per heavy atom. The van der Waals surface area contributed by atoms with Gasteiger partial charge in [0.15, 0.2) is 5.82 Å². The van der Waals surface area contributed by atoms with Crippen molar-refractivity contribution >= 4 is 34.7 Å². The van der Waals surface area contributed by atoms with Crippen LogP contribution in [0, 0.1) is 0 Å². The van der Waals surface area contributed by atoms with Gasteiger partial charge < -0.3 is 15.5 Å². The molecule has 1 aromatic carbocycles. The lowest BCUT2D eigenvalue weighted by atomic mass is 10.2. The normalized spacial score (nSPS) is 14.3. The Labute approximate surface area is 129 Å². The van der Waals surface area contributed by atoms with Crippen LogP contribution in [0.3, 0.4) is 0 Å². The topological polar surface area (TPSA) is 53.1 Å². The van der Waals surface area contributed by atoms with E-state index in [1.54, 1.807) is 13.2 Å². The second kappa shape index (κ2) is 6.18. The van der Waals surface area contributed by atoms with E-state index >= 15 is 0 Å². The number of anilines is 4. The highest BCUT2D eigenvalue weighted by atomic mass is 35.5. The molecule has 6 heteroatoms. The molecule has 2 aromatic rings. The summed E-state index contributed by atoms with van der Waals surface area (Å²) in [4.78, 5) is 10.8. The molecule has 0 bridgehead atoms. The van der Waals surface area contributed by atoms with Crippen molar-refractivity contribution in [2.45, 2.75) is 12.8 Å². The van der Waals surface area contributed by atoms with Gasteiger partial charge in [0.2, 0.25) is 5.95 Å². The largest absolute Gasteiger partial charge is 0.372 e. The van der Waals surface area contributed by atoms with E-state index in [0.29, 0.717) is 16.8 Å². The zero-order chi connectivity index (χ0) is 14.7. The molecule has 1 saturated heterocycles. The SMILES string of the molecule is CNc1ncc(Cl)c(Nc2ccc(N3CCCC3)cc2)n1. The molecule has 1 aliphatic heterocycles. The third-order valence-electron chi connectivity index (χ3n) is 3.57. The number of halogens is 1. The molecule has 1 fully saturated rings. The van der Waals surface area contributed by atoms with Crippen LogP contribution in [-0.4, -0.2) is 30.1 Å². The molecular formula is C15H18ClN5. The summed E-state index contributed by atoms with van der Waals surface area (Å²) < 4.78 is 0. The molecule has 1 aliphatic rings. The molecule has 0 saturated carbocycles. The van der Waals surface area contributed by atoms with E-state index in [0.717, 1.165) is 18.8 Å². The van der Waals surface area contributed by atoms with E-state index in [2.05, 4.69) is 37.6 Å². The van der Waals surface area contributed by atoms with Crippen LogP contribution >= 0.6 is 11.6 Å². The lowest BCUT2D eigenvalue weighted by Gasteiger charge is -2.18. The molecule has 0 radical (unpaired) electrons. The molecule has 110 valence electrons. The first-order valence-electron chi connectivity index (χ1n) is 7.08. The van der Waals surface area contributed by atoms with Crippen LogP contribution in [0.2, 0.25) is 5.02 Å². The Kier molecular flexibility index (Phi) is 4.10. The van der Waals surface area contributed by atoms with E-state index in [1.165, 1.54) is 18.5 Å². The standard InChI is InChI=1S/C15H18ClN5/c1-17-15-18-10-13(16)14(20-15)19-11-4-6-12(7-5-11)21-8-2-3-9-21/h4-7,10H,2-3,8-9H2,1H3,(H2,17,18,19,20). The average molecular weight is 304 g/mol. The maximum Gasteiger partial charge on any atom is 0.224 e. The Hall–Kier alpha value is -2.01. The summed E-state index contributed by atoms with van der Waals surface area (Å²) in [5.41, 5.74) is 2.23. The molecule has 0 spiro atoms. The van der Waals surface area contributed by atoms with E-state index in [1.807, 2.05) is 12.1 Å². The summed E-state index contributed by atoms with van der Waals surface area (Å²) in [6.45, 7) is 2.30. The van der Waals surface area contributed by atoms with Crippen molar-refractivity contribution in [3.8, 4) is 0 Å². The van der Waals surface area contributed by atoms with Crippen LogP contribution in [0.4, 0.5) is 23.1 Å². The van der Waals surface area contributed by atoms with Crippen LogP contribution in [0.1, 0.15) is 12.8 Å². The first-order valence-corrected chi connectivity index (χ1v) is 7.46. The lowest BCUT2D eigenvalue weighted by molar-refractivity contribution is 0.949. The summed E-state index contributed by atoms with van der Waals surface area (Å²) in [5, 5.41) is 6.62. The van der Waals surface area contributed by atoms with Crippen molar-refractivity contribution in [1.82, 2.24) is 9.97 Å². The van der Waals surface area contributed by atoms with Gasteiger partial charge in [0.1, 0.15) is 5.02 Å². The molecule has 0 aliphatic carbocycles. The van der Waals surface area contributed by atoms with E-state index in [4.69, 9.17) is 11.6 Å². The number of aromatic nitrogens is 2. The van der Waals surface area contributed by atoms with Crippen molar-refractivity contribution in [3.63, 3.8) is 0 Å². The number of hydrogen-bond acceptors (Lipinski definition) is 5. The van der Waals surface area contributed by atoms with Crippen molar-refractivity contribution in [1.29, 1.82) is 0 Å².